The molecule has 1 aromatic rings. The maximum absolute atomic E-state index is 11.8. The number of carbonyl (C=O) groups is 1. The minimum atomic E-state index is -4.47. The van der Waals surface area contributed by atoms with Gasteiger partial charge >= 0.3 is 6.18 Å². The van der Waals surface area contributed by atoms with Gasteiger partial charge in [-0.3, -0.25) is 9.00 Å². The maximum atomic E-state index is 11.8. The molecule has 4 nitrogen and oxygen atoms in total. The Morgan fingerprint density at radius 1 is 1.53 bits per heavy atom. The van der Waals surface area contributed by atoms with Gasteiger partial charge in [0.15, 0.2) is 0 Å². The van der Waals surface area contributed by atoms with E-state index in [1.165, 1.54) is 12.3 Å². The van der Waals surface area contributed by atoms with E-state index in [0.29, 0.717) is 10.7 Å². The summed E-state index contributed by atoms with van der Waals surface area (Å²) in [6, 6.07) is 1.42. The van der Waals surface area contributed by atoms with Gasteiger partial charge in [-0.1, -0.05) is 0 Å². The fraction of sp³-hybridized carbons (Fsp3) is 0.444. The summed E-state index contributed by atoms with van der Waals surface area (Å²) in [6.07, 6.45) is -3.17. The number of amides is 1. The van der Waals surface area contributed by atoms with Gasteiger partial charge in [0.05, 0.1) is 22.0 Å². The van der Waals surface area contributed by atoms with Crippen LogP contribution in [0.15, 0.2) is 21.6 Å². The molecule has 0 fully saturated rings. The van der Waals surface area contributed by atoms with Crippen molar-refractivity contribution in [2.75, 3.05) is 12.3 Å². The average Bonchev–Trinajstić information content (AvgIpc) is 2.60. The van der Waals surface area contributed by atoms with Crippen molar-refractivity contribution < 1.29 is 26.6 Å². The normalized spacial score (nSPS) is 13.4. The minimum absolute atomic E-state index is 0.312. The van der Waals surface area contributed by atoms with Gasteiger partial charge in [-0.05, 0) is 13.0 Å². The van der Waals surface area contributed by atoms with Crippen LogP contribution in [-0.2, 0) is 15.6 Å². The van der Waals surface area contributed by atoms with Gasteiger partial charge in [-0.25, -0.2) is 0 Å². The number of carbonyl (C=O) groups excluding carboxylic acids is 1. The monoisotopic (exact) mass is 269 g/mol. The van der Waals surface area contributed by atoms with E-state index in [4.69, 9.17) is 4.42 Å². The first-order valence-electron chi connectivity index (χ1n) is 4.55. The lowest BCUT2D eigenvalue weighted by atomic mass is 10.5. The van der Waals surface area contributed by atoms with Crippen molar-refractivity contribution in [3.05, 3.63) is 18.1 Å². The van der Waals surface area contributed by atoms with E-state index in [1.54, 1.807) is 12.2 Å². The maximum Gasteiger partial charge on any atom is 0.405 e. The molecule has 0 aliphatic carbocycles. The molecule has 0 aliphatic rings. The smallest absolute Gasteiger partial charge is 0.405 e. The predicted octanol–water partition coefficient (Wildman–Crippen LogP) is 1.37. The van der Waals surface area contributed by atoms with Gasteiger partial charge in [-0.2, -0.15) is 13.2 Å². The van der Waals surface area contributed by atoms with Crippen LogP contribution in [0, 0.1) is 6.92 Å². The van der Waals surface area contributed by atoms with Crippen molar-refractivity contribution in [3.63, 3.8) is 0 Å². The first-order valence-corrected chi connectivity index (χ1v) is 5.87. The molecule has 1 unspecified atom stereocenters. The molecule has 1 aromatic heterocycles. The Kier molecular flexibility index (Phi) is 4.33. The molecule has 0 spiro atoms. The summed E-state index contributed by atoms with van der Waals surface area (Å²) < 4.78 is 51.8. The first kappa shape index (κ1) is 13.8. The van der Waals surface area contributed by atoms with Crippen LogP contribution < -0.4 is 5.32 Å². The highest BCUT2D eigenvalue weighted by molar-refractivity contribution is 7.85. The zero-order valence-corrected chi connectivity index (χ0v) is 9.65. The highest BCUT2D eigenvalue weighted by atomic mass is 32.2. The van der Waals surface area contributed by atoms with Gasteiger partial charge in [0.1, 0.15) is 18.1 Å². The molecule has 1 N–H and O–H groups in total. The van der Waals surface area contributed by atoms with E-state index >= 15 is 0 Å². The second kappa shape index (κ2) is 5.35. The number of hydrogen-bond donors (Lipinski definition) is 1. The average molecular weight is 269 g/mol. The Morgan fingerprint density at radius 3 is 2.65 bits per heavy atom. The van der Waals surface area contributed by atoms with Crippen molar-refractivity contribution in [2.45, 2.75) is 18.0 Å². The van der Waals surface area contributed by atoms with Crippen molar-refractivity contribution in [1.29, 1.82) is 0 Å². The summed E-state index contributed by atoms with van der Waals surface area (Å²) in [5.74, 6) is -1.05. The Bertz CT molecular complexity index is 427. The summed E-state index contributed by atoms with van der Waals surface area (Å²) in [5.41, 5.74) is 0. The molecular formula is C9H10F3NO3S. The Hall–Kier alpha value is -1.31. The van der Waals surface area contributed by atoms with Crippen LogP contribution >= 0.6 is 0 Å². The van der Waals surface area contributed by atoms with Gasteiger partial charge in [-0.15, -0.1) is 0 Å². The molecule has 0 aliphatic heterocycles. The lowest BCUT2D eigenvalue weighted by molar-refractivity contribution is -0.136. The zero-order chi connectivity index (χ0) is 13.1. The van der Waals surface area contributed by atoms with E-state index in [1.807, 2.05) is 0 Å². The second-order valence-corrected chi connectivity index (χ2v) is 4.64. The number of furan rings is 1. The third kappa shape index (κ3) is 4.59. The fourth-order valence-corrected chi connectivity index (χ4v) is 2.13. The number of aryl methyl sites for hydroxylation is 1. The zero-order valence-electron chi connectivity index (χ0n) is 8.84. The number of alkyl halides is 3. The van der Waals surface area contributed by atoms with Crippen LogP contribution in [-0.4, -0.2) is 28.6 Å². The number of nitrogens with one attached hydrogen (secondary N) is 1. The highest BCUT2D eigenvalue weighted by Crippen LogP contribution is 2.14. The Labute approximate surface area is 97.6 Å². The third-order valence-corrected chi connectivity index (χ3v) is 3.24. The van der Waals surface area contributed by atoms with E-state index in [9.17, 15) is 22.2 Å². The lowest BCUT2D eigenvalue weighted by Crippen LogP contribution is -2.36. The second-order valence-electron chi connectivity index (χ2n) is 3.22. The van der Waals surface area contributed by atoms with E-state index in [2.05, 4.69) is 0 Å². The van der Waals surface area contributed by atoms with Crippen LogP contribution in [0.1, 0.15) is 5.76 Å². The molecule has 0 bridgehead atoms. The summed E-state index contributed by atoms with van der Waals surface area (Å²) in [4.78, 5) is 11.4. The van der Waals surface area contributed by atoms with Gasteiger partial charge in [0.2, 0.25) is 5.91 Å². The molecule has 8 heteroatoms. The topological polar surface area (TPSA) is 59.3 Å². The van der Waals surface area contributed by atoms with Crippen LogP contribution in [0.4, 0.5) is 13.2 Å². The molecule has 1 rings (SSSR count). The highest BCUT2D eigenvalue weighted by Gasteiger charge is 2.28. The van der Waals surface area contributed by atoms with Crippen LogP contribution in [0.3, 0.4) is 0 Å². The lowest BCUT2D eigenvalue weighted by Gasteiger charge is -2.07. The molecule has 0 saturated carbocycles. The molecule has 96 valence electrons. The number of halogens is 3. The van der Waals surface area contributed by atoms with Crippen LogP contribution in [0.25, 0.3) is 0 Å². The number of rotatable bonds is 4. The van der Waals surface area contributed by atoms with Crippen LogP contribution in [0.5, 0.6) is 0 Å². The Balaban J connectivity index is 2.47. The molecule has 0 aromatic carbocycles. The van der Waals surface area contributed by atoms with Gasteiger partial charge in [0.25, 0.3) is 0 Å². The number of hydrogen-bond acceptors (Lipinski definition) is 3. The third-order valence-electron chi connectivity index (χ3n) is 1.80. The Morgan fingerprint density at radius 2 is 2.18 bits per heavy atom. The molecule has 17 heavy (non-hydrogen) atoms. The van der Waals surface area contributed by atoms with E-state index < -0.39 is 35.2 Å². The summed E-state index contributed by atoms with van der Waals surface area (Å²) in [5, 5.41) is 1.65. The predicted molar refractivity (Wildman–Crippen MR) is 53.8 cm³/mol. The van der Waals surface area contributed by atoms with Gasteiger partial charge in [0, 0.05) is 0 Å². The van der Waals surface area contributed by atoms with E-state index in [-0.39, 0.29) is 0 Å². The van der Waals surface area contributed by atoms with Crippen molar-refractivity contribution >= 4 is 16.7 Å². The standard InChI is InChI=1S/C9H10F3NO3S/c1-6-7(2-3-16-6)17(15)4-8(14)13-5-9(10,11)12/h2-3H,4-5H2,1H3,(H,13,14). The summed E-state index contributed by atoms with van der Waals surface area (Å²) >= 11 is 0. The van der Waals surface area contributed by atoms with Crippen molar-refractivity contribution in [3.8, 4) is 0 Å². The SMILES string of the molecule is Cc1occc1S(=O)CC(=O)NCC(F)(F)F. The molecule has 1 amide bonds. The van der Waals surface area contributed by atoms with Crippen molar-refractivity contribution in [2.24, 2.45) is 0 Å². The van der Waals surface area contributed by atoms with E-state index in [0.717, 1.165) is 0 Å². The fourth-order valence-electron chi connectivity index (χ4n) is 1.06. The minimum Gasteiger partial charge on any atom is -0.468 e. The van der Waals surface area contributed by atoms with Crippen LogP contribution in [0.2, 0.25) is 0 Å². The molecule has 1 heterocycles. The molecular weight excluding hydrogens is 259 g/mol. The summed E-state index contributed by atoms with van der Waals surface area (Å²) in [6.45, 7) is 0.133. The largest absolute Gasteiger partial charge is 0.468 e. The quantitative estimate of drug-likeness (QED) is 0.898. The first-order chi connectivity index (χ1) is 7.79. The molecule has 0 radical (unpaired) electrons. The summed E-state index contributed by atoms with van der Waals surface area (Å²) in [7, 11) is -1.70. The molecule has 1 atom stereocenters. The molecule has 0 saturated heterocycles. The van der Waals surface area contributed by atoms with Crippen molar-refractivity contribution in [1.82, 2.24) is 5.32 Å². The van der Waals surface area contributed by atoms with Gasteiger partial charge < -0.3 is 9.73 Å².